The Balaban J connectivity index is 1.59. The van der Waals surface area contributed by atoms with Crippen molar-refractivity contribution in [2.75, 3.05) is 6.54 Å². The van der Waals surface area contributed by atoms with Gasteiger partial charge in [-0.3, -0.25) is 4.79 Å². The average Bonchev–Trinajstić information content (AvgIpc) is 3.16. The van der Waals surface area contributed by atoms with Crippen molar-refractivity contribution in [1.29, 1.82) is 0 Å². The zero-order valence-corrected chi connectivity index (χ0v) is 11.0. The maximum atomic E-state index is 11.9. The first-order valence-corrected chi connectivity index (χ1v) is 6.49. The summed E-state index contributed by atoms with van der Waals surface area (Å²) >= 11 is 0. The van der Waals surface area contributed by atoms with E-state index in [9.17, 15) is 4.79 Å². The molecule has 106 valence electrons. The molecule has 0 radical (unpaired) electrons. The van der Waals surface area contributed by atoms with E-state index in [1.807, 2.05) is 0 Å². The molecular weight excluding hydrogens is 262 g/mol. The van der Waals surface area contributed by atoms with Gasteiger partial charge in [-0.1, -0.05) is 5.16 Å². The minimum absolute atomic E-state index is 0.0250. The molecule has 1 unspecified atom stereocenters. The molecule has 2 N–H and O–H groups in total. The lowest BCUT2D eigenvalue weighted by molar-refractivity contribution is 0.0933. The highest BCUT2D eigenvalue weighted by atomic mass is 16.5. The van der Waals surface area contributed by atoms with E-state index in [-0.39, 0.29) is 18.4 Å². The number of hydrogen-bond acceptors (Lipinski definition) is 7. The third-order valence-corrected chi connectivity index (χ3v) is 3.07. The molecule has 1 atom stereocenters. The van der Waals surface area contributed by atoms with Crippen LogP contribution in [0.2, 0.25) is 0 Å². The molecule has 1 aliphatic rings. The molecule has 1 fully saturated rings. The first-order chi connectivity index (χ1) is 9.72. The van der Waals surface area contributed by atoms with Gasteiger partial charge in [0.25, 0.3) is 11.7 Å². The highest BCUT2D eigenvalue weighted by Crippen LogP contribution is 2.20. The van der Waals surface area contributed by atoms with Crippen LogP contribution in [0, 0.1) is 6.92 Å². The molecule has 2 aromatic heterocycles. The third-order valence-electron chi connectivity index (χ3n) is 3.07. The van der Waals surface area contributed by atoms with Gasteiger partial charge in [0.2, 0.25) is 11.8 Å². The monoisotopic (exact) mass is 277 g/mol. The molecule has 3 heterocycles. The van der Waals surface area contributed by atoms with Gasteiger partial charge in [-0.2, -0.15) is 4.98 Å². The molecule has 0 aromatic carbocycles. The zero-order chi connectivity index (χ0) is 13.9. The van der Waals surface area contributed by atoms with Crippen molar-refractivity contribution in [3.05, 3.63) is 29.6 Å². The molecule has 1 aliphatic heterocycles. The SMILES string of the molecule is Cc1cnc(CNC(=O)c2noc(C3CCCN3)n2)o1. The molecular formula is C12H15N5O3. The van der Waals surface area contributed by atoms with Crippen LogP contribution in [0.3, 0.4) is 0 Å². The Bertz CT molecular complexity index is 600. The van der Waals surface area contributed by atoms with Gasteiger partial charge in [0, 0.05) is 0 Å². The lowest BCUT2D eigenvalue weighted by Crippen LogP contribution is -2.24. The van der Waals surface area contributed by atoms with Gasteiger partial charge in [-0.25, -0.2) is 4.98 Å². The van der Waals surface area contributed by atoms with E-state index < -0.39 is 5.91 Å². The van der Waals surface area contributed by atoms with Crippen molar-refractivity contribution in [3.63, 3.8) is 0 Å². The van der Waals surface area contributed by atoms with E-state index in [4.69, 9.17) is 8.94 Å². The van der Waals surface area contributed by atoms with E-state index in [1.54, 1.807) is 13.1 Å². The summed E-state index contributed by atoms with van der Waals surface area (Å²) < 4.78 is 10.4. The standard InChI is InChI=1S/C12H15N5O3/c1-7-5-14-9(19-7)6-15-11(18)10-16-12(20-17-10)8-3-2-4-13-8/h5,8,13H,2-4,6H2,1H3,(H,15,18). The molecule has 0 bridgehead atoms. The van der Waals surface area contributed by atoms with Crippen LogP contribution >= 0.6 is 0 Å². The number of rotatable bonds is 4. The van der Waals surface area contributed by atoms with Crippen LogP contribution in [-0.2, 0) is 6.54 Å². The molecule has 1 saturated heterocycles. The van der Waals surface area contributed by atoms with Crippen molar-refractivity contribution in [2.45, 2.75) is 32.4 Å². The average molecular weight is 277 g/mol. The van der Waals surface area contributed by atoms with Gasteiger partial charge in [-0.05, 0) is 26.3 Å². The maximum Gasteiger partial charge on any atom is 0.293 e. The normalized spacial score (nSPS) is 18.4. The fourth-order valence-corrected chi connectivity index (χ4v) is 2.08. The van der Waals surface area contributed by atoms with E-state index in [2.05, 4.69) is 25.8 Å². The van der Waals surface area contributed by atoms with Crippen LogP contribution in [0.4, 0.5) is 0 Å². The fraction of sp³-hybridized carbons (Fsp3) is 0.500. The maximum absolute atomic E-state index is 11.9. The van der Waals surface area contributed by atoms with Gasteiger partial charge >= 0.3 is 0 Å². The summed E-state index contributed by atoms with van der Waals surface area (Å²) in [5.74, 6) is 1.21. The van der Waals surface area contributed by atoms with Gasteiger partial charge < -0.3 is 19.6 Å². The predicted molar refractivity (Wildman–Crippen MR) is 66.7 cm³/mol. The molecule has 20 heavy (non-hydrogen) atoms. The quantitative estimate of drug-likeness (QED) is 0.848. The first kappa shape index (κ1) is 12.8. The Labute approximate surface area is 114 Å². The Morgan fingerprint density at radius 3 is 3.20 bits per heavy atom. The Hall–Kier alpha value is -2.22. The minimum atomic E-state index is -0.408. The smallest absolute Gasteiger partial charge is 0.293 e. The topological polar surface area (TPSA) is 106 Å². The van der Waals surface area contributed by atoms with Gasteiger partial charge in [-0.15, -0.1) is 0 Å². The summed E-state index contributed by atoms with van der Waals surface area (Å²) in [6.07, 6.45) is 3.61. The van der Waals surface area contributed by atoms with Gasteiger partial charge in [0.1, 0.15) is 5.76 Å². The van der Waals surface area contributed by atoms with E-state index in [0.29, 0.717) is 17.5 Å². The second-order valence-electron chi connectivity index (χ2n) is 4.65. The van der Waals surface area contributed by atoms with Crippen molar-refractivity contribution in [1.82, 2.24) is 25.8 Å². The number of amides is 1. The van der Waals surface area contributed by atoms with Crippen molar-refractivity contribution >= 4 is 5.91 Å². The highest BCUT2D eigenvalue weighted by molar-refractivity contribution is 5.90. The van der Waals surface area contributed by atoms with Crippen LogP contribution in [-0.4, -0.2) is 27.6 Å². The Morgan fingerprint density at radius 1 is 1.60 bits per heavy atom. The largest absolute Gasteiger partial charge is 0.444 e. The second-order valence-corrected chi connectivity index (χ2v) is 4.65. The summed E-state index contributed by atoms with van der Waals surface area (Å²) in [5, 5.41) is 9.55. The fourth-order valence-electron chi connectivity index (χ4n) is 2.08. The summed E-state index contributed by atoms with van der Waals surface area (Å²) in [5.41, 5.74) is 0. The number of oxazole rings is 1. The Morgan fingerprint density at radius 2 is 2.50 bits per heavy atom. The van der Waals surface area contributed by atoms with E-state index in [1.165, 1.54) is 0 Å². The predicted octanol–water partition coefficient (Wildman–Crippen LogP) is 0.721. The summed E-state index contributed by atoms with van der Waals surface area (Å²) in [6.45, 7) is 2.91. The molecule has 3 rings (SSSR count). The van der Waals surface area contributed by atoms with Crippen molar-refractivity contribution in [3.8, 4) is 0 Å². The molecule has 8 nitrogen and oxygen atoms in total. The molecule has 0 saturated carbocycles. The van der Waals surface area contributed by atoms with Gasteiger partial charge in [0.05, 0.1) is 18.8 Å². The lowest BCUT2D eigenvalue weighted by atomic mass is 10.2. The number of aromatic nitrogens is 3. The zero-order valence-electron chi connectivity index (χ0n) is 11.0. The van der Waals surface area contributed by atoms with Gasteiger partial charge in [0.15, 0.2) is 0 Å². The Kier molecular flexibility index (Phi) is 3.46. The number of carbonyl (C=O) groups excluding carboxylic acids is 1. The first-order valence-electron chi connectivity index (χ1n) is 6.49. The summed E-state index contributed by atoms with van der Waals surface area (Å²) in [4.78, 5) is 20.0. The summed E-state index contributed by atoms with van der Waals surface area (Å²) in [7, 11) is 0. The third kappa shape index (κ3) is 2.69. The molecule has 0 spiro atoms. The minimum Gasteiger partial charge on any atom is -0.444 e. The number of aryl methyl sites for hydroxylation is 1. The number of nitrogens with zero attached hydrogens (tertiary/aromatic N) is 3. The van der Waals surface area contributed by atoms with Crippen LogP contribution < -0.4 is 10.6 Å². The molecule has 1 amide bonds. The highest BCUT2D eigenvalue weighted by Gasteiger charge is 2.24. The van der Waals surface area contributed by atoms with Crippen molar-refractivity contribution in [2.24, 2.45) is 0 Å². The lowest BCUT2D eigenvalue weighted by Gasteiger charge is -2.01. The van der Waals surface area contributed by atoms with Crippen LogP contribution in [0.25, 0.3) is 0 Å². The number of nitrogens with one attached hydrogen (secondary N) is 2. The van der Waals surface area contributed by atoms with Crippen LogP contribution in [0.1, 0.15) is 47.0 Å². The van der Waals surface area contributed by atoms with E-state index >= 15 is 0 Å². The van der Waals surface area contributed by atoms with Crippen molar-refractivity contribution < 1.29 is 13.7 Å². The number of hydrogen-bond donors (Lipinski definition) is 2. The van der Waals surface area contributed by atoms with Crippen LogP contribution in [0.5, 0.6) is 0 Å². The van der Waals surface area contributed by atoms with Crippen LogP contribution in [0.15, 0.2) is 15.1 Å². The number of carbonyl (C=O) groups is 1. The molecule has 8 heteroatoms. The molecule has 2 aromatic rings. The second kappa shape index (κ2) is 5.41. The van der Waals surface area contributed by atoms with E-state index in [0.717, 1.165) is 19.4 Å². The molecule has 0 aliphatic carbocycles. The summed E-state index contributed by atoms with van der Waals surface area (Å²) in [6, 6.07) is 0.0541.